The van der Waals surface area contributed by atoms with Gasteiger partial charge in [-0.3, -0.25) is 0 Å². The van der Waals surface area contributed by atoms with E-state index in [9.17, 15) is 0 Å². The summed E-state index contributed by atoms with van der Waals surface area (Å²) in [6.45, 7) is 0. The molecule has 0 saturated carbocycles. The van der Waals surface area contributed by atoms with Gasteiger partial charge in [-0.1, -0.05) is 0 Å². The van der Waals surface area contributed by atoms with Crippen molar-refractivity contribution in [3.8, 4) is 0 Å². The molecule has 0 aromatic heterocycles. The maximum Gasteiger partial charge on any atom is 3.00 e. The van der Waals surface area contributed by atoms with Crippen LogP contribution in [0.1, 0.15) is 0 Å². The molecule has 0 saturated heterocycles. The predicted octanol–water partition coefficient (Wildman–Crippen LogP) is -3.09. The van der Waals surface area contributed by atoms with Crippen molar-refractivity contribution in [3.63, 3.8) is 0 Å². The normalized spacial score (nSPS) is 6.00. The molecule has 0 N–H and O–H groups in total. The van der Waals surface area contributed by atoms with Gasteiger partial charge >= 0.3 is 45.3 Å². The molecule has 0 aliphatic rings. The molecule has 6 heteroatoms. The van der Waals surface area contributed by atoms with Gasteiger partial charge in [-0.2, -0.15) is 0 Å². The molecule has 0 aliphatic heterocycles. The summed E-state index contributed by atoms with van der Waals surface area (Å²) in [5.41, 5.74) is 0. The van der Waals surface area contributed by atoms with E-state index in [-0.39, 0.29) is 45.3 Å². The van der Waals surface area contributed by atoms with Crippen molar-refractivity contribution in [1.29, 1.82) is 0 Å². The van der Waals surface area contributed by atoms with E-state index in [2.05, 4.69) is 0 Å². The van der Waals surface area contributed by atoms with Crippen molar-refractivity contribution in [2.45, 2.75) is 0 Å². The van der Waals surface area contributed by atoms with Crippen molar-refractivity contribution in [2.75, 3.05) is 0 Å². The summed E-state index contributed by atoms with van der Waals surface area (Å²) in [4.78, 5) is 25.4. The van der Waals surface area contributed by atoms with Gasteiger partial charge in [0.15, 0.2) is 0 Å². The summed E-state index contributed by atoms with van der Waals surface area (Å²) in [6.07, 6.45) is 0. The van der Waals surface area contributed by atoms with Crippen LogP contribution in [-0.4, -0.2) is 25.8 Å². The number of hydrogen-bond acceptors (Lipinski definition) is 3. The first-order valence-electron chi connectivity index (χ1n) is 0.548. The summed E-state index contributed by atoms with van der Waals surface area (Å²) in [5.74, 6) is 0. The van der Waals surface area contributed by atoms with E-state index in [1.165, 1.54) is 0 Å². The van der Waals surface area contributed by atoms with Crippen molar-refractivity contribution < 1.29 is 34.2 Å². The van der Waals surface area contributed by atoms with Crippen LogP contribution in [0.25, 0.3) is 0 Å². The first-order valence-corrected chi connectivity index (χ1v) is 1.64. The second-order valence-corrected chi connectivity index (χ2v) is 0.671. The molecule has 26 valence electrons. The van der Waals surface area contributed by atoms with Crippen LogP contribution >= 0.6 is 8.60 Å². The van der Waals surface area contributed by atoms with Gasteiger partial charge in [0.1, 0.15) is 0 Å². The second kappa shape index (κ2) is 9.93. The Balaban J connectivity index is -0.0000000450. The summed E-state index contributed by atoms with van der Waals surface area (Å²) < 4.78 is 0. The van der Waals surface area contributed by atoms with Gasteiger partial charge < -0.3 is 23.3 Å². The van der Waals surface area contributed by atoms with Gasteiger partial charge in [-0.15, -0.1) is 0 Å². The van der Waals surface area contributed by atoms with Crippen LogP contribution < -0.4 is 14.7 Å². The largest absolute Gasteiger partial charge is 3.00 e. The van der Waals surface area contributed by atoms with Gasteiger partial charge in [0, 0.05) is 0 Å². The SMILES string of the molecule is [In+3].[O-]P([O-])[O-].[Zn+2]. The van der Waals surface area contributed by atoms with E-state index in [1.54, 1.807) is 0 Å². The maximum absolute atomic E-state index is 8.48. The summed E-state index contributed by atoms with van der Waals surface area (Å²) in [5, 5.41) is 0. The van der Waals surface area contributed by atoms with Crippen LogP contribution in [0, 0.1) is 0 Å². The third kappa shape index (κ3) is 41.2. The Bertz CT molecular complexity index is 15.5. The summed E-state index contributed by atoms with van der Waals surface area (Å²) in [6, 6.07) is 0. The van der Waals surface area contributed by atoms with Gasteiger partial charge in [-0.25, -0.2) is 0 Å². The zero-order valence-electron chi connectivity index (χ0n) is 2.96. The molecule has 0 amide bonds. The van der Waals surface area contributed by atoms with Crippen molar-refractivity contribution in [2.24, 2.45) is 0 Å². The van der Waals surface area contributed by atoms with Gasteiger partial charge in [-0.05, 0) is 0 Å². The molecule has 0 unspecified atom stereocenters. The molecule has 0 rings (SSSR count). The Morgan fingerprint density at radius 3 is 1.00 bits per heavy atom. The molecular formula is InO3PZn+2. The monoisotopic (exact) mass is 258 g/mol. The summed E-state index contributed by atoms with van der Waals surface area (Å²) in [7, 11) is -3.37. The molecule has 0 fully saturated rings. The molecule has 0 aliphatic carbocycles. The minimum atomic E-state index is -3.37. The van der Waals surface area contributed by atoms with Crippen LogP contribution in [0.5, 0.6) is 0 Å². The van der Waals surface area contributed by atoms with Crippen LogP contribution in [-0.2, 0) is 19.5 Å². The Kier molecular flexibility index (Phi) is 25.9. The van der Waals surface area contributed by atoms with E-state index in [1.807, 2.05) is 0 Å². The molecule has 0 aromatic rings. The fourth-order valence-corrected chi connectivity index (χ4v) is 0. The smallest absolute Gasteiger partial charge is 0.854 e. The third-order valence-corrected chi connectivity index (χ3v) is 0. The molecule has 0 atom stereocenters. The standard InChI is InChI=1S/In.O3P.Zn/c;1-4(2)3;/q+3;-3;+2. The number of rotatable bonds is 0. The van der Waals surface area contributed by atoms with Crippen molar-refractivity contribution >= 4 is 34.4 Å². The van der Waals surface area contributed by atoms with Gasteiger partial charge in [0.2, 0.25) is 0 Å². The van der Waals surface area contributed by atoms with Crippen LogP contribution in [0.2, 0.25) is 0 Å². The predicted molar refractivity (Wildman–Crippen MR) is 12.7 cm³/mol. The molecule has 0 aromatic carbocycles. The van der Waals surface area contributed by atoms with Crippen molar-refractivity contribution in [1.82, 2.24) is 0 Å². The second-order valence-electron chi connectivity index (χ2n) is 0.224. The Hall–Kier alpha value is 1.80. The average molecular weight is 259 g/mol. The van der Waals surface area contributed by atoms with Crippen LogP contribution in [0.15, 0.2) is 0 Å². The van der Waals surface area contributed by atoms with Crippen LogP contribution in [0.3, 0.4) is 0 Å². The first-order chi connectivity index (χ1) is 1.73. The topological polar surface area (TPSA) is 69.2 Å². The molecule has 0 radical (unpaired) electrons. The first kappa shape index (κ1) is 15.7. The fourth-order valence-electron chi connectivity index (χ4n) is 0. The summed E-state index contributed by atoms with van der Waals surface area (Å²) >= 11 is 0. The van der Waals surface area contributed by atoms with E-state index < -0.39 is 8.60 Å². The van der Waals surface area contributed by atoms with E-state index >= 15 is 0 Å². The van der Waals surface area contributed by atoms with Crippen molar-refractivity contribution in [3.05, 3.63) is 0 Å². The Labute approximate surface area is 68.3 Å². The van der Waals surface area contributed by atoms with E-state index in [0.29, 0.717) is 0 Å². The third-order valence-electron chi connectivity index (χ3n) is 0. The zero-order valence-corrected chi connectivity index (χ0v) is 10.1. The minimum absolute atomic E-state index is 0. The molecule has 6 heavy (non-hydrogen) atoms. The average Bonchev–Trinajstić information content (AvgIpc) is 0.811. The minimum Gasteiger partial charge on any atom is -0.854 e. The van der Waals surface area contributed by atoms with Gasteiger partial charge in [0.25, 0.3) is 0 Å². The Morgan fingerprint density at radius 1 is 1.00 bits per heavy atom. The van der Waals surface area contributed by atoms with E-state index in [0.717, 1.165) is 0 Å². The molecule has 3 nitrogen and oxygen atoms in total. The molecule has 0 spiro atoms. The quantitative estimate of drug-likeness (QED) is 0.342. The molecule has 0 bridgehead atoms. The molecular weight excluding hydrogens is 259 g/mol. The van der Waals surface area contributed by atoms with Gasteiger partial charge in [0.05, 0.1) is 0 Å². The zero-order chi connectivity index (χ0) is 3.58. The van der Waals surface area contributed by atoms with Crippen LogP contribution in [0.4, 0.5) is 0 Å². The fraction of sp³-hybridized carbons (Fsp3) is 0. The van der Waals surface area contributed by atoms with E-state index in [4.69, 9.17) is 14.7 Å². The number of hydrogen-bond donors (Lipinski definition) is 0. The maximum atomic E-state index is 8.48. The molecule has 0 heterocycles. The Morgan fingerprint density at radius 2 is 1.00 bits per heavy atom.